The van der Waals surface area contributed by atoms with E-state index in [-0.39, 0.29) is 0 Å². The molecule has 1 aliphatic heterocycles. The van der Waals surface area contributed by atoms with Gasteiger partial charge in [0.2, 0.25) is 0 Å². The molecule has 0 radical (unpaired) electrons. The molecule has 0 aromatic rings. The first-order chi connectivity index (χ1) is 4.74. The minimum absolute atomic E-state index is 0.524. The standard InChI is InChI=1S/C7H17N3/c1-6-5-10(2)4-3-7(6)9-8/h6-7,9H,3-5,8H2,1-2H3. The van der Waals surface area contributed by atoms with Crippen molar-refractivity contribution >= 4 is 0 Å². The van der Waals surface area contributed by atoms with E-state index in [1.165, 1.54) is 13.0 Å². The van der Waals surface area contributed by atoms with Gasteiger partial charge < -0.3 is 4.90 Å². The topological polar surface area (TPSA) is 41.3 Å². The lowest BCUT2D eigenvalue weighted by Crippen LogP contribution is -2.49. The highest BCUT2D eigenvalue weighted by atomic mass is 15.3. The fourth-order valence-electron chi connectivity index (χ4n) is 1.60. The molecule has 60 valence electrons. The van der Waals surface area contributed by atoms with Gasteiger partial charge in [-0.25, -0.2) is 0 Å². The average molecular weight is 143 g/mol. The molecule has 10 heavy (non-hydrogen) atoms. The van der Waals surface area contributed by atoms with Gasteiger partial charge in [-0.15, -0.1) is 0 Å². The summed E-state index contributed by atoms with van der Waals surface area (Å²) >= 11 is 0. The Morgan fingerprint density at radius 1 is 1.60 bits per heavy atom. The SMILES string of the molecule is CC1CN(C)CCC1NN. The Kier molecular flexibility index (Phi) is 2.65. The molecule has 2 unspecified atom stereocenters. The van der Waals surface area contributed by atoms with Gasteiger partial charge in [0.05, 0.1) is 0 Å². The number of piperidine rings is 1. The highest BCUT2D eigenvalue weighted by Gasteiger charge is 2.22. The van der Waals surface area contributed by atoms with Crippen LogP contribution in [-0.4, -0.2) is 31.1 Å². The van der Waals surface area contributed by atoms with Crippen LogP contribution in [0.5, 0.6) is 0 Å². The summed E-state index contributed by atoms with van der Waals surface area (Å²) in [5, 5.41) is 0. The molecule has 0 bridgehead atoms. The summed E-state index contributed by atoms with van der Waals surface area (Å²) in [6, 6.07) is 0.524. The second-order valence-electron chi connectivity index (χ2n) is 3.30. The van der Waals surface area contributed by atoms with E-state index in [2.05, 4.69) is 24.3 Å². The predicted octanol–water partition coefficient (Wildman–Crippen LogP) is -0.210. The zero-order valence-electron chi connectivity index (χ0n) is 6.80. The Bertz CT molecular complexity index is 105. The van der Waals surface area contributed by atoms with Gasteiger partial charge >= 0.3 is 0 Å². The first-order valence-electron chi connectivity index (χ1n) is 3.88. The van der Waals surface area contributed by atoms with Crippen molar-refractivity contribution in [1.29, 1.82) is 0 Å². The number of nitrogens with zero attached hydrogens (tertiary/aromatic N) is 1. The summed E-state index contributed by atoms with van der Waals surface area (Å²) in [4.78, 5) is 2.35. The molecular weight excluding hydrogens is 126 g/mol. The summed E-state index contributed by atoms with van der Waals surface area (Å²) in [6.45, 7) is 4.56. The zero-order chi connectivity index (χ0) is 7.56. The van der Waals surface area contributed by atoms with Gasteiger partial charge in [0, 0.05) is 12.6 Å². The number of nitrogens with one attached hydrogen (secondary N) is 1. The monoisotopic (exact) mass is 143 g/mol. The normalized spacial score (nSPS) is 36.3. The lowest BCUT2D eigenvalue weighted by molar-refractivity contribution is 0.176. The second-order valence-corrected chi connectivity index (χ2v) is 3.30. The minimum atomic E-state index is 0.524. The van der Waals surface area contributed by atoms with Crippen molar-refractivity contribution in [1.82, 2.24) is 10.3 Å². The van der Waals surface area contributed by atoms with Crippen LogP contribution in [0.25, 0.3) is 0 Å². The molecule has 2 atom stereocenters. The summed E-state index contributed by atoms with van der Waals surface area (Å²) in [7, 11) is 2.16. The Morgan fingerprint density at radius 2 is 2.30 bits per heavy atom. The van der Waals surface area contributed by atoms with E-state index in [0.29, 0.717) is 12.0 Å². The van der Waals surface area contributed by atoms with Crippen LogP contribution in [0.15, 0.2) is 0 Å². The van der Waals surface area contributed by atoms with Crippen LogP contribution in [0.1, 0.15) is 13.3 Å². The van der Waals surface area contributed by atoms with Gasteiger partial charge in [-0.2, -0.15) is 0 Å². The predicted molar refractivity (Wildman–Crippen MR) is 42.4 cm³/mol. The van der Waals surface area contributed by atoms with Crippen LogP contribution in [0.4, 0.5) is 0 Å². The molecule has 1 aliphatic rings. The number of likely N-dealkylation sites (tertiary alicyclic amines) is 1. The maximum Gasteiger partial charge on any atom is 0.0260 e. The number of nitrogens with two attached hydrogens (primary N) is 1. The molecule has 3 heteroatoms. The van der Waals surface area contributed by atoms with E-state index >= 15 is 0 Å². The van der Waals surface area contributed by atoms with Crippen LogP contribution in [0, 0.1) is 5.92 Å². The highest BCUT2D eigenvalue weighted by Crippen LogP contribution is 2.13. The van der Waals surface area contributed by atoms with E-state index in [9.17, 15) is 0 Å². The zero-order valence-corrected chi connectivity index (χ0v) is 6.80. The summed E-state index contributed by atoms with van der Waals surface area (Å²) in [6.07, 6.45) is 1.17. The van der Waals surface area contributed by atoms with E-state index in [4.69, 9.17) is 5.84 Å². The first kappa shape index (κ1) is 7.98. The summed E-state index contributed by atoms with van der Waals surface area (Å²) in [5.74, 6) is 6.05. The fraction of sp³-hybridized carbons (Fsp3) is 1.00. The molecule has 0 spiro atoms. The van der Waals surface area contributed by atoms with Gasteiger partial charge in [-0.05, 0) is 25.9 Å². The highest BCUT2D eigenvalue weighted by molar-refractivity contribution is 4.79. The number of rotatable bonds is 1. The molecule has 1 fully saturated rings. The van der Waals surface area contributed by atoms with Crippen LogP contribution in [-0.2, 0) is 0 Å². The van der Waals surface area contributed by atoms with Crippen molar-refractivity contribution in [2.24, 2.45) is 11.8 Å². The van der Waals surface area contributed by atoms with Gasteiger partial charge in [0.15, 0.2) is 0 Å². The van der Waals surface area contributed by atoms with Crippen molar-refractivity contribution in [3.63, 3.8) is 0 Å². The second kappa shape index (κ2) is 3.32. The smallest absolute Gasteiger partial charge is 0.0260 e. The van der Waals surface area contributed by atoms with Crippen LogP contribution in [0.3, 0.4) is 0 Å². The number of hydrogen-bond acceptors (Lipinski definition) is 3. The van der Waals surface area contributed by atoms with E-state index < -0.39 is 0 Å². The van der Waals surface area contributed by atoms with Gasteiger partial charge in [0.25, 0.3) is 0 Å². The Morgan fingerprint density at radius 3 is 2.80 bits per heavy atom. The average Bonchev–Trinajstić information content (AvgIpc) is 1.88. The van der Waals surface area contributed by atoms with Gasteiger partial charge in [0.1, 0.15) is 0 Å². The molecule has 0 aromatic heterocycles. The molecule has 0 saturated carbocycles. The van der Waals surface area contributed by atoms with Crippen LogP contribution in [0.2, 0.25) is 0 Å². The molecule has 0 aromatic carbocycles. The maximum absolute atomic E-state index is 5.37. The molecule has 0 aliphatic carbocycles. The van der Waals surface area contributed by atoms with Crippen molar-refractivity contribution < 1.29 is 0 Å². The molecule has 1 heterocycles. The summed E-state index contributed by atoms with van der Waals surface area (Å²) < 4.78 is 0. The van der Waals surface area contributed by atoms with E-state index in [1.54, 1.807) is 0 Å². The molecule has 1 saturated heterocycles. The Hall–Kier alpha value is -0.120. The third-order valence-corrected chi connectivity index (χ3v) is 2.32. The summed E-state index contributed by atoms with van der Waals surface area (Å²) in [5.41, 5.74) is 2.85. The Balaban J connectivity index is 2.36. The Labute approximate surface area is 62.5 Å². The molecule has 0 amide bonds. The molecular formula is C7H17N3. The fourth-order valence-corrected chi connectivity index (χ4v) is 1.60. The lowest BCUT2D eigenvalue weighted by atomic mass is 9.95. The van der Waals surface area contributed by atoms with Gasteiger partial charge in [-0.3, -0.25) is 11.3 Å². The minimum Gasteiger partial charge on any atom is -0.306 e. The van der Waals surface area contributed by atoms with Crippen molar-refractivity contribution in [3.05, 3.63) is 0 Å². The lowest BCUT2D eigenvalue weighted by Gasteiger charge is -2.34. The van der Waals surface area contributed by atoms with E-state index in [1.807, 2.05) is 0 Å². The molecule has 3 nitrogen and oxygen atoms in total. The van der Waals surface area contributed by atoms with Crippen LogP contribution >= 0.6 is 0 Å². The van der Waals surface area contributed by atoms with Crippen LogP contribution < -0.4 is 11.3 Å². The third-order valence-electron chi connectivity index (χ3n) is 2.32. The van der Waals surface area contributed by atoms with Crippen molar-refractivity contribution in [2.75, 3.05) is 20.1 Å². The van der Waals surface area contributed by atoms with Crippen molar-refractivity contribution in [3.8, 4) is 0 Å². The third kappa shape index (κ3) is 1.68. The number of hydrogen-bond donors (Lipinski definition) is 2. The maximum atomic E-state index is 5.37. The molecule has 1 rings (SSSR count). The van der Waals surface area contributed by atoms with E-state index in [0.717, 1.165) is 6.54 Å². The quantitative estimate of drug-likeness (QED) is 0.394. The number of hydrazine groups is 1. The molecule has 3 N–H and O–H groups in total. The van der Waals surface area contributed by atoms with Crippen molar-refractivity contribution in [2.45, 2.75) is 19.4 Å². The largest absolute Gasteiger partial charge is 0.306 e. The van der Waals surface area contributed by atoms with Gasteiger partial charge in [-0.1, -0.05) is 6.92 Å². The first-order valence-corrected chi connectivity index (χ1v) is 3.88.